The van der Waals surface area contributed by atoms with E-state index < -0.39 is 0 Å². The molecule has 19 heavy (non-hydrogen) atoms. The topological polar surface area (TPSA) is 93.8 Å². The monoisotopic (exact) mass is 275 g/mol. The van der Waals surface area contributed by atoms with Gasteiger partial charge < -0.3 is 11.1 Å². The van der Waals surface area contributed by atoms with Gasteiger partial charge in [0.15, 0.2) is 5.16 Å². The van der Waals surface area contributed by atoms with Gasteiger partial charge in [0.2, 0.25) is 11.9 Å². The maximum atomic E-state index is 11.6. The highest BCUT2D eigenvalue weighted by molar-refractivity contribution is 7.99. The van der Waals surface area contributed by atoms with E-state index in [-0.39, 0.29) is 17.6 Å². The fraction of sp³-hybridized carbons (Fsp3) is 0.167. The second-order valence-electron chi connectivity index (χ2n) is 3.68. The molecule has 0 aliphatic carbocycles. The number of thioether (sulfide) groups is 1. The van der Waals surface area contributed by atoms with Crippen molar-refractivity contribution in [2.45, 2.75) is 11.7 Å². The van der Waals surface area contributed by atoms with Crippen LogP contribution in [0.2, 0.25) is 0 Å². The maximum absolute atomic E-state index is 11.6. The van der Waals surface area contributed by atoms with Gasteiger partial charge in [-0.15, -0.1) is 0 Å². The number of anilines is 1. The molecule has 0 saturated heterocycles. The molecule has 0 radical (unpaired) electrons. The Kier molecular flexibility index (Phi) is 4.68. The second-order valence-corrected chi connectivity index (χ2v) is 4.62. The lowest BCUT2D eigenvalue weighted by molar-refractivity contribution is -0.118. The number of aromatic nitrogens is 3. The van der Waals surface area contributed by atoms with Crippen LogP contribution in [0.25, 0.3) is 0 Å². The van der Waals surface area contributed by atoms with Gasteiger partial charge in [0.1, 0.15) is 6.33 Å². The summed E-state index contributed by atoms with van der Waals surface area (Å²) in [5, 5.41) is 3.27. The van der Waals surface area contributed by atoms with E-state index in [4.69, 9.17) is 5.73 Å². The molecule has 1 heterocycles. The number of hydrogen-bond donors (Lipinski definition) is 2. The number of carbonyl (C=O) groups excluding carboxylic acids is 1. The highest BCUT2D eigenvalue weighted by atomic mass is 32.2. The van der Waals surface area contributed by atoms with Gasteiger partial charge in [0, 0.05) is 6.54 Å². The summed E-state index contributed by atoms with van der Waals surface area (Å²) in [4.78, 5) is 23.1. The van der Waals surface area contributed by atoms with Gasteiger partial charge in [0.05, 0.1) is 5.75 Å². The third kappa shape index (κ3) is 4.55. The predicted octanol–water partition coefficient (Wildman–Crippen LogP) is 0.862. The van der Waals surface area contributed by atoms with Crippen LogP contribution in [0.4, 0.5) is 5.95 Å². The van der Waals surface area contributed by atoms with Crippen LogP contribution in [0, 0.1) is 0 Å². The summed E-state index contributed by atoms with van der Waals surface area (Å²) in [6.45, 7) is 0.513. The van der Waals surface area contributed by atoms with E-state index in [1.54, 1.807) is 0 Å². The minimum Gasteiger partial charge on any atom is -0.368 e. The summed E-state index contributed by atoms with van der Waals surface area (Å²) < 4.78 is 0. The number of nitrogens with zero attached hydrogens (tertiary/aromatic N) is 3. The number of nitrogen functional groups attached to an aromatic ring is 1. The third-order valence-electron chi connectivity index (χ3n) is 2.23. The van der Waals surface area contributed by atoms with Crippen molar-refractivity contribution in [3.8, 4) is 0 Å². The molecule has 6 nitrogen and oxygen atoms in total. The van der Waals surface area contributed by atoms with Gasteiger partial charge in [-0.25, -0.2) is 9.97 Å². The van der Waals surface area contributed by atoms with Crippen molar-refractivity contribution in [2.24, 2.45) is 0 Å². The summed E-state index contributed by atoms with van der Waals surface area (Å²) >= 11 is 1.22. The number of carbonyl (C=O) groups is 1. The highest BCUT2D eigenvalue weighted by Gasteiger charge is 2.05. The molecule has 0 fully saturated rings. The number of rotatable bonds is 5. The SMILES string of the molecule is Nc1ncnc(SCC(=O)NCc2ccccc2)n1. The van der Waals surface area contributed by atoms with Crippen molar-refractivity contribution in [2.75, 3.05) is 11.5 Å². The lowest BCUT2D eigenvalue weighted by Gasteiger charge is -2.04. The van der Waals surface area contributed by atoms with E-state index in [0.717, 1.165) is 5.56 Å². The van der Waals surface area contributed by atoms with Gasteiger partial charge >= 0.3 is 0 Å². The van der Waals surface area contributed by atoms with Gasteiger partial charge in [0.25, 0.3) is 0 Å². The van der Waals surface area contributed by atoms with Crippen LogP contribution in [-0.4, -0.2) is 26.6 Å². The fourth-order valence-electron chi connectivity index (χ4n) is 1.34. The molecule has 0 atom stereocenters. The van der Waals surface area contributed by atoms with Gasteiger partial charge in [-0.05, 0) is 5.56 Å². The molecule has 0 spiro atoms. The summed E-state index contributed by atoms with van der Waals surface area (Å²) in [6.07, 6.45) is 1.33. The molecule has 1 aromatic heterocycles. The van der Waals surface area contributed by atoms with E-state index in [9.17, 15) is 4.79 Å². The van der Waals surface area contributed by atoms with Crippen LogP contribution < -0.4 is 11.1 Å². The summed E-state index contributed by atoms with van der Waals surface area (Å²) in [5.41, 5.74) is 6.48. The van der Waals surface area contributed by atoms with Gasteiger partial charge in [-0.2, -0.15) is 4.98 Å². The minimum atomic E-state index is -0.0761. The van der Waals surface area contributed by atoms with Crippen LogP contribution in [-0.2, 0) is 11.3 Å². The molecule has 0 aliphatic heterocycles. The van der Waals surface area contributed by atoms with Crippen molar-refractivity contribution >= 4 is 23.6 Å². The van der Waals surface area contributed by atoms with E-state index >= 15 is 0 Å². The molecule has 1 aromatic carbocycles. The summed E-state index contributed by atoms with van der Waals surface area (Å²) in [7, 11) is 0. The van der Waals surface area contributed by atoms with E-state index in [1.165, 1.54) is 18.1 Å². The van der Waals surface area contributed by atoms with Crippen molar-refractivity contribution in [3.05, 3.63) is 42.2 Å². The van der Waals surface area contributed by atoms with Crippen LogP contribution in [0.3, 0.4) is 0 Å². The molecular weight excluding hydrogens is 262 g/mol. The zero-order valence-corrected chi connectivity index (χ0v) is 10.9. The lowest BCUT2D eigenvalue weighted by atomic mass is 10.2. The van der Waals surface area contributed by atoms with Crippen molar-refractivity contribution < 1.29 is 4.79 Å². The maximum Gasteiger partial charge on any atom is 0.230 e. The smallest absolute Gasteiger partial charge is 0.230 e. The molecule has 2 rings (SSSR count). The molecule has 0 unspecified atom stereocenters. The Labute approximate surface area is 114 Å². The number of nitrogens with one attached hydrogen (secondary N) is 1. The number of benzene rings is 1. The number of amides is 1. The molecule has 3 N–H and O–H groups in total. The molecule has 98 valence electrons. The van der Waals surface area contributed by atoms with E-state index in [2.05, 4.69) is 20.3 Å². The van der Waals surface area contributed by atoms with Crippen LogP contribution in [0.1, 0.15) is 5.56 Å². The van der Waals surface area contributed by atoms with Gasteiger partial charge in [-0.1, -0.05) is 42.1 Å². The quantitative estimate of drug-likeness (QED) is 0.786. The van der Waals surface area contributed by atoms with Crippen molar-refractivity contribution in [1.82, 2.24) is 20.3 Å². The number of hydrogen-bond acceptors (Lipinski definition) is 6. The molecule has 7 heteroatoms. The predicted molar refractivity (Wildman–Crippen MR) is 73.3 cm³/mol. The van der Waals surface area contributed by atoms with Crippen molar-refractivity contribution in [3.63, 3.8) is 0 Å². The summed E-state index contributed by atoms with van der Waals surface area (Å²) in [5.74, 6) is 0.325. The standard InChI is InChI=1S/C12H13N5OS/c13-11-15-8-16-12(17-11)19-7-10(18)14-6-9-4-2-1-3-5-9/h1-5,8H,6-7H2,(H,14,18)(H2,13,15,16,17). The average molecular weight is 275 g/mol. The largest absolute Gasteiger partial charge is 0.368 e. The first kappa shape index (κ1) is 13.3. The third-order valence-corrected chi connectivity index (χ3v) is 3.09. The molecule has 0 bridgehead atoms. The second kappa shape index (κ2) is 6.69. The van der Waals surface area contributed by atoms with Crippen LogP contribution in [0.5, 0.6) is 0 Å². The molecule has 1 amide bonds. The van der Waals surface area contributed by atoms with Crippen LogP contribution >= 0.6 is 11.8 Å². The first-order valence-electron chi connectivity index (χ1n) is 5.62. The Balaban J connectivity index is 1.76. The Hall–Kier alpha value is -2.15. The van der Waals surface area contributed by atoms with E-state index in [1.807, 2.05) is 30.3 Å². The minimum absolute atomic E-state index is 0.0761. The molecule has 2 aromatic rings. The van der Waals surface area contributed by atoms with Gasteiger partial charge in [-0.3, -0.25) is 4.79 Å². The Morgan fingerprint density at radius 3 is 2.79 bits per heavy atom. The molecular formula is C12H13N5OS. The zero-order chi connectivity index (χ0) is 13.5. The van der Waals surface area contributed by atoms with Crippen LogP contribution in [0.15, 0.2) is 41.8 Å². The first-order valence-corrected chi connectivity index (χ1v) is 6.60. The first-order chi connectivity index (χ1) is 9.24. The Bertz CT molecular complexity index is 549. The molecule has 0 saturated carbocycles. The van der Waals surface area contributed by atoms with Crippen molar-refractivity contribution in [1.29, 1.82) is 0 Å². The lowest BCUT2D eigenvalue weighted by Crippen LogP contribution is -2.24. The highest BCUT2D eigenvalue weighted by Crippen LogP contribution is 2.11. The Morgan fingerprint density at radius 1 is 1.26 bits per heavy atom. The van der Waals surface area contributed by atoms with E-state index in [0.29, 0.717) is 11.7 Å². The zero-order valence-electron chi connectivity index (χ0n) is 10.1. The average Bonchev–Trinajstić information content (AvgIpc) is 2.44. The Morgan fingerprint density at radius 2 is 2.05 bits per heavy atom. The normalized spacial score (nSPS) is 10.1. The number of nitrogens with two attached hydrogens (primary N) is 1. The summed E-state index contributed by atoms with van der Waals surface area (Å²) in [6, 6.07) is 9.72. The molecule has 0 aliphatic rings. The fourth-order valence-corrected chi connectivity index (χ4v) is 1.98.